The first-order valence-electron chi connectivity index (χ1n) is 9.89. The molecule has 0 saturated heterocycles. The fourth-order valence-electron chi connectivity index (χ4n) is 3.68. The summed E-state index contributed by atoms with van der Waals surface area (Å²) in [6.07, 6.45) is 9.38. The molecule has 1 fully saturated rings. The van der Waals surface area contributed by atoms with Crippen molar-refractivity contribution in [1.82, 2.24) is 20.4 Å². The van der Waals surface area contributed by atoms with Gasteiger partial charge in [-0.2, -0.15) is 4.98 Å². The van der Waals surface area contributed by atoms with E-state index in [1.54, 1.807) is 4.90 Å². The van der Waals surface area contributed by atoms with Gasteiger partial charge in [-0.3, -0.25) is 9.59 Å². The summed E-state index contributed by atoms with van der Waals surface area (Å²) in [6.45, 7) is 0.464. The van der Waals surface area contributed by atoms with Crippen LogP contribution in [0.15, 0.2) is 4.52 Å². The second-order valence-electron chi connectivity index (χ2n) is 7.79. The molecule has 1 saturated carbocycles. The number of rotatable bonds is 11. The SMILES string of the molecule is CN(C)CC(=O)NCc1noc(C(CCCC2CCCCC2)CC(=O)O)n1. The molecule has 2 rings (SSSR count). The van der Waals surface area contributed by atoms with Crippen molar-refractivity contribution in [1.29, 1.82) is 0 Å². The molecule has 0 radical (unpaired) electrons. The van der Waals surface area contributed by atoms with Crippen LogP contribution in [0.5, 0.6) is 0 Å². The molecule has 0 bridgehead atoms. The van der Waals surface area contributed by atoms with Gasteiger partial charge in [0.2, 0.25) is 11.8 Å². The monoisotopic (exact) mass is 380 g/mol. The molecule has 1 aliphatic rings. The lowest BCUT2D eigenvalue weighted by atomic mass is 9.84. The molecular weight excluding hydrogens is 348 g/mol. The molecule has 8 heteroatoms. The smallest absolute Gasteiger partial charge is 0.304 e. The molecule has 1 aliphatic carbocycles. The maximum absolute atomic E-state index is 11.7. The zero-order valence-electron chi connectivity index (χ0n) is 16.4. The van der Waals surface area contributed by atoms with Gasteiger partial charge in [-0.25, -0.2) is 0 Å². The van der Waals surface area contributed by atoms with Crippen molar-refractivity contribution in [2.45, 2.75) is 70.3 Å². The van der Waals surface area contributed by atoms with E-state index in [4.69, 9.17) is 4.52 Å². The number of aliphatic carboxylic acids is 1. The van der Waals surface area contributed by atoms with Crippen molar-refractivity contribution >= 4 is 11.9 Å². The summed E-state index contributed by atoms with van der Waals surface area (Å²) < 4.78 is 5.30. The summed E-state index contributed by atoms with van der Waals surface area (Å²) in [5.41, 5.74) is 0. The number of hydrogen-bond donors (Lipinski definition) is 2. The van der Waals surface area contributed by atoms with E-state index in [2.05, 4.69) is 15.5 Å². The van der Waals surface area contributed by atoms with Crippen LogP contribution in [0.1, 0.15) is 75.4 Å². The molecule has 1 heterocycles. The highest BCUT2D eigenvalue weighted by atomic mass is 16.5. The number of carboxylic acids is 1. The van der Waals surface area contributed by atoms with Gasteiger partial charge in [0, 0.05) is 5.92 Å². The second-order valence-corrected chi connectivity index (χ2v) is 7.79. The fraction of sp³-hybridized carbons (Fsp3) is 0.789. The average Bonchev–Trinajstić information content (AvgIpc) is 3.08. The van der Waals surface area contributed by atoms with E-state index < -0.39 is 5.97 Å². The molecule has 0 spiro atoms. The zero-order chi connectivity index (χ0) is 19.6. The number of carbonyl (C=O) groups is 2. The molecule has 0 aromatic carbocycles. The molecule has 1 aromatic rings. The molecule has 0 aliphatic heterocycles. The Bertz CT molecular complexity index is 596. The summed E-state index contributed by atoms with van der Waals surface area (Å²) in [7, 11) is 3.63. The molecule has 8 nitrogen and oxygen atoms in total. The summed E-state index contributed by atoms with van der Waals surface area (Å²) in [4.78, 5) is 29.0. The van der Waals surface area contributed by atoms with Crippen LogP contribution in [0, 0.1) is 5.92 Å². The van der Waals surface area contributed by atoms with Gasteiger partial charge < -0.3 is 19.8 Å². The van der Waals surface area contributed by atoms with Gasteiger partial charge in [-0.15, -0.1) is 0 Å². The molecule has 27 heavy (non-hydrogen) atoms. The Morgan fingerprint density at radius 3 is 2.70 bits per heavy atom. The number of aromatic nitrogens is 2. The van der Waals surface area contributed by atoms with Crippen LogP contribution in [0.3, 0.4) is 0 Å². The van der Waals surface area contributed by atoms with Crippen molar-refractivity contribution < 1.29 is 19.2 Å². The minimum absolute atomic E-state index is 0.0146. The first-order valence-corrected chi connectivity index (χ1v) is 9.89. The van der Waals surface area contributed by atoms with Crippen LogP contribution in [0.4, 0.5) is 0 Å². The van der Waals surface area contributed by atoms with Crippen LogP contribution in [0.25, 0.3) is 0 Å². The Hall–Kier alpha value is -1.96. The van der Waals surface area contributed by atoms with Crippen LogP contribution in [0.2, 0.25) is 0 Å². The molecule has 1 aromatic heterocycles. The number of hydrogen-bond acceptors (Lipinski definition) is 6. The Morgan fingerprint density at radius 1 is 1.30 bits per heavy atom. The van der Waals surface area contributed by atoms with Gasteiger partial charge in [-0.05, 0) is 26.4 Å². The number of carboxylic acid groups (broad SMARTS) is 1. The van der Waals surface area contributed by atoms with Crippen LogP contribution in [-0.4, -0.2) is 52.7 Å². The molecule has 1 amide bonds. The van der Waals surface area contributed by atoms with Gasteiger partial charge in [0.15, 0.2) is 5.82 Å². The Kier molecular flexibility index (Phi) is 8.71. The zero-order valence-corrected chi connectivity index (χ0v) is 16.4. The molecule has 2 N–H and O–H groups in total. The van der Waals surface area contributed by atoms with Crippen molar-refractivity contribution in [3.63, 3.8) is 0 Å². The fourth-order valence-corrected chi connectivity index (χ4v) is 3.68. The predicted octanol–water partition coefficient (Wildman–Crippen LogP) is 2.56. The van der Waals surface area contributed by atoms with E-state index in [0.717, 1.165) is 25.2 Å². The van der Waals surface area contributed by atoms with Crippen molar-refractivity contribution in [2.24, 2.45) is 5.92 Å². The van der Waals surface area contributed by atoms with Crippen LogP contribution in [-0.2, 0) is 16.1 Å². The number of amides is 1. The maximum Gasteiger partial charge on any atom is 0.304 e. The van der Waals surface area contributed by atoms with Gasteiger partial charge in [0.1, 0.15) is 0 Å². The van der Waals surface area contributed by atoms with E-state index in [0.29, 0.717) is 11.7 Å². The largest absolute Gasteiger partial charge is 0.481 e. The van der Waals surface area contributed by atoms with E-state index in [1.807, 2.05) is 14.1 Å². The van der Waals surface area contributed by atoms with Crippen molar-refractivity contribution in [2.75, 3.05) is 20.6 Å². The molecule has 1 atom stereocenters. The number of carbonyl (C=O) groups excluding carboxylic acids is 1. The lowest BCUT2D eigenvalue weighted by molar-refractivity contribution is -0.137. The van der Waals surface area contributed by atoms with Crippen LogP contribution < -0.4 is 5.32 Å². The Morgan fingerprint density at radius 2 is 2.04 bits per heavy atom. The summed E-state index contributed by atoms with van der Waals surface area (Å²) in [5.74, 6) is 0.245. The quantitative estimate of drug-likeness (QED) is 0.607. The van der Waals surface area contributed by atoms with Crippen LogP contribution >= 0.6 is 0 Å². The van der Waals surface area contributed by atoms with Crippen molar-refractivity contribution in [3.05, 3.63) is 11.7 Å². The molecule has 152 valence electrons. The summed E-state index contributed by atoms with van der Waals surface area (Å²) >= 11 is 0. The van der Waals surface area contributed by atoms with Gasteiger partial charge in [-0.1, -0.05) is 50.1 Å². The van der Waals surface area contributed by atoms with E-state index in [1.165, 1.54) is 32.1 Å². The van der Waals surface area contributed by atoms with E-state index >= 15 is 0 Å². The summed E-state index contributed by atoms with van der Waals surface area (Å²) in [6, 6.07) is 0. The Labute approximate surface area is 160 Å². The van der Waals surface area contributed by atoms with E-state index in [-0.39, 0.29) is 31.3 Å². The maximum atomic E-state index is 11.7. The lowest BCUT2D eigenvalue weighted by Crippen LogP contribution is -2.33. The third-order valence-electron chi connectivity index (χ3n) is 5.05. The van der Waals surface area contributed by atoms with Gasteiger partial charge in [0.25, 0.3) is 0 Å². The lowest BCUT2D eigenvalue weighted by Gasteiger charge is -2.21. The first kappa shape index (κ1) is 21.3. The number of likely N-dealkylation sites (N-methyl/N-ethyl adjacent to an activating group) is 1. The summed E-state index contributed by atoms with van der Waals surface area (Å²) in [5, 5.41) is 15.8. The molecule has 1 unspecified atom stereocenters. The minimum atomic E-state index is -0.864. The normalized spacial score (nSPS) is 16.4. The predicted molar refractivity (Wildman–Crippen MR) is 100 cm³/mol. The third-order valence-corrected chi connectivity index (χ3v) is 5.05. The number of nitrogens with zero attached hydrogens (tertiary/aromatic N) is 3. The third kappa shape index (κ3) is 8.07. The van der Waals surface area contributed by atoms with Crippen molar-refractivity contribution in [3.8, 4) is 0 Å². The minimum Gasteiger partial charge on any atom is -0.481 e. The standard InChI is InChI=1S/C19H32N4O4/c1-23(2)13-17(24)20-12-16-21-19(27-22-16)15(11-18(25)26)10-6-9-14-7-4-3-5-8-14/h14-15H,3-13H2,1-2H3,(H,20,24)(H,25,26). The highest BCUT2D eigenvalue weighted by Gasteiger charge is 2.23. The first-order chi connectivity index (χ1) is 12.9. The highest BCUT2D eigenvalue weighted by molar-refractivity contribution is 5.77. The van der Waals surface area contributed by atoms with Gasteiger partial charge >= 0.3 is 5.97 Å². The van der Waals surface area contributed by atoms with Gasteiger partial charge in [0.05, 0.1) is 19.5 Å². The topological polar surface area (TPSA) is 109 Å². The van der Waals surface area contributed by atoms with E-state index in [9.17, 15) is 14.7 Å². The molecular formula is C19H32N4O4. The Balaban J connectivity index is 1.84. The highest BCUT2D eigenvalue weighted by Crippen LogP contribution is 2.31. The second kappa shape index (κ2) is 11.0. The number of nitrogens with one attached hydrogen (secondary N) is 1. The average molecular weight is 380 g/mol.